The molecule has 5 rings (SSSR count). The largest absolute Gasteiger partial charge is 0.493 e. The number of para-hydroxylation sites is 1. The van der Waals surface area contributed by atoms with Crippen molar-refractivity contribution < 1.29 is 34.6 Å². The van der Waals surface area contributed by atoms with Crippen LogP contribution in [-0.4, -0.2) is 73.9 Å². The van der Waals surface area contributed by atoms with E-state index in [0.29, 0.717) is 12.3 Å². The molecule has 3 heterocycles. The molecule has 0 bridgehead atoms. The van der Waals surface area contributed by atoms with Crippen LogP contribution in [0.25, 0.3) is 11.0 Å². The Balaban J connectivity index is 1.37. The molecule has 9 heteroatoms. The number of ether oxygens (including phenoxy) is 3. The monoisotopic (exact) mass is 442 g/mol. The highest BCUT2D eigenvalue weighted by molar-refractivity contribution is 5.82. The van der Waals surface area contributed by atoms with E-state index in [9.17, 15) is 20.4 Å². The molecule has 0 aliphatic carbocycles. The van der Waals surface area contributed by atoms with Crippen molar-refractivity contribution in [2.75, 3.05) is 13.2 Å². The van der Waals surface area contributed by atoms with Crippen LogP contribution in [0.1, 0.15) is 11.1 Å². The second-order valence-electron chi connectivity index (χ2n) is 8.17. The van der Waals surface area contributed by atoms with Crippen molar-refractivity contribution in [3.63, 3.8) is 0 Å². The first-order chi connectivity index (χ1) is 15.5. The predicted molar refractivity (Wildman–Crippen MR) is 113 cm³/mol. The molecular weight excluding hydrogens is 416 g/mol. The number of aliphatic hydroxyl groups excluding tert-OH is 4. The summed E-state index contributed by atoms with van der Waals surface area (Å²) >= 11 is 0. The summed E-state index contributed by atoms with van der Waals surface area (Å²) in [7, 11) is 0. The van der Waals surface area contributed by atoms with E-state index in [4.69, 9.17) is 14.2 Å². The van der Waals surface area contributed by atoms with Gasteiger partial charge in [0.15, 0.2) is 0 Å². The van der Waals surface area contributed by atoms with Crippen LogP contribution in [0.3, 0.4) is 0 Å². The highest BCUT2D eigenvalue weighted by atomic mass is 16.7. The van der Waals surface area contributed by atoms with Crippen LogP contribution in [0.4, 0.5) is 0 Å². The van der Waals surface area contributed by atoms with Gasteiger partial charge in [-0.1, -0.05) is 18.2 Å². The minimum atomic E-state index is -1.50. The Bertz CT molecular complexity index is 1100. The fraction of sp³-hybridized carbons (Fsp3) is 0.435. The van der Waals surface area contributed by atoms with Gasteiger partial charge in [-0.3, -0.25) is 0 Å². The Morgan fingerprint density at radius 3 is 2.81 bits per heavy atom. The number of fused-ring (bicyclic) bond motifs is 2. The third-order valence-corrected chi connectivity index (χ3v) is 6.09. The number of aryl methyl sites for hydroxylation is 2. The number of hydrogen-bond donors (Lipinski definition) is 4. The van der Waals surface area contributed by atoms with Crippen molar-refractivity contribution >= 4 is 11.0 Å². The Morgan fingerprint density at radius 2 is 1.97 bits per heavy atom. The summed E-state index contributed by atoms with van der Waals surface area (Å²) in [5.41, 5.74) is 3.87. The van der Waals surface area contributed by atoms with Gasteiger partial charge in [0.2, 0.25) is 6.29 Å². The summed E-state index contributed by atoms with van der Waals surface area (Å²) in [5, 5.41) is 39.8. The van der Waals surface area contributed by atoms with Gasteiger partial charge in [0, 0.05) is 13.0 Å². The molecule has 1 unspecified atom stereocenters. The maximum absolute atomic E-state index is 10.3. The molecule has 4 N–H and O–H groups in total. The molecule has 0 amide bonds. The SMILES string of the molecule is OC[C@@H]1OC(Oc2cccc3ncn(CCc4ccc5c(c4)CCO5)c23)[C@@H](O)[C@H](O)[C@H]1O. The van der Waals surface area contributed by atoms with Crippen molar-refractivity contribution in [2.45, 2.75) is 50.1 Å². The van der Waals surface area contributed by atoms with Crippen molar-refractivity contribution in [1.82, 2.24) is 9.55 Å². The standard InChI is InChI=1S/C23H26N2O7/c26-11-18-20(27)21(28)22(29)23(32-18)31-17-3-1-2-15-19(17)25(12-24-15)8-6-13-4-5-16-14(10-13)7-9-30-16/h1-5,10,12,18,20-23,26-29H,6-9,11H2/t18-,20-,21+,22-,23?/m0/s1. The van der Waals surface area contributed by atoms with E-state index < -0.39 is 37.3 Å². The van der Waals surface area contributed by atoms with Crippen LogP contribution in [0, 0.1) is 0 Å². The smallest absolute Gasteiger partial charge is 0.229 e. The second kappa shape index (κ2) is 8.68. The molecule has 0 saturated carbocycles. The minimum absolute atomic E-state index is 0.423. The summed E-state index contributed by atoms with van der Waals surface area (Å²) in [5.74, 6) is 1.38. The number of benzene rings is 2. The number of hydrogen-bond acceptors (Lipinski definition) is 8. The zero-order valence-electron chi connectivity index (χ0n) is 17.4. The number of rotatable bonds is 6. The van der Waals surface area contributed by atoms with E-state index in [-0.39, 0.29) is 0 Å². The topological polar surface area (TPSA) is 126 Å². The molecule has 170 valence electrons. The summed E-state index contributed by atoms with van der Waals surface area (Å²) < 4.78 is 19.0. The lowest BCUT2D eigenvalue weighted by Crippen LogP contribution is -2.60. The molecule has 3 aromatic rings. The van der Waals surface area contributed by atoms with Crippen LogP contribution in [-0.2, 0) is 24.1 Å². The lowest BCUT2D eigenvalue weighted by atomic mass is 9.99. The first-order valence-electron chi connectivity index (χ1n) is 10.7. The summed E-state index contributed by atoms with van der Waals surface area (Å²) in [6, 6.07) is 11.6. The molecule has 0 spiro atoms. The maximum Gasteiger partial charge on any atom is 0.229 e. The Labute approximate surface area is 184 Å². The Hall–Kier alpha value is -2.69. The average Bonchev–Trinajstić information content (AvgIpc) is 3.45. The number of nitrogens with zero attached hydrogens (tertiary/aromatic N) is 2. The van der Waals surface area contributed by atoms with E-state index in [1.165, 1.54) is 11.1 Å². The zero-order chi connectivity index (χ0) is 22.2. The molecule has 2 aliphatic rings. The Morgan fingerprint density at radius 1 is 1.09 bits per heavy atom. The normalized spacial score (nSPS) is 27.3. The fourth-order valence-electron chi connectivity index (χ4n) is 4.29. The van der Waals surface area contributed by atoms with Gasteiger partial charge in [0.25, 0.3) is 0 Å². The van der Waals surface area contributed by atoms with E-state index in [2.05, 4.69) is 17.1 Å². The third-order valence-electron chi connectivity index (χ3n) is 6.09. The minimum Gasteiger partial charge on any atom is -0.493 e. The quantitative estimate of drug-likeness (QED) is 0.432. The van der Waals surface area contributed by atoms with Crippen LogP contribution in [0.15, 0.2) is 42.7 Å². The summed E-state index contributed by atoms with van der Waals surface area (Å²) in [6.45, 7) is 0.869. The van der Waals surface area contributed by atoms with Gasteiger partial charge in [0.05, 0.1) is 25.1 Å². The van der Waals surface area contributed by atoms with Crippen molar-refractivity contribution in [2.24, 2.45) is 0 Å². The van der Waals surface area contributed by atoms with Crippen LogP contribution < -0.4 is 9.47 Å². The first-order valence-corrected chi connectivity index (χ1v) is 10.7. The number of aromatic nitrogens is 2. The molecular formula is C23H26N2O7. The highest BCUT2D eigenvalue weighted by Gasteiger charge is 2.44. The zero-order valence-corrected chi connectivity index (χ0v) is 17.4. The van der Waals surface area contributed by atoms with Gasteiger partial charge in [-0.15, -0.1) is 0 Å². The van der Waals surface area contributed by atoms with Crippen LogP contribution >= 0.6 is 0 Å². The second-order valence-corrected chi connectivity index (χ2v) is 8.17. The van der Waals surface area contributed by atoms with Gasteiger partial charge in [0.1, 0.15) is 41.4 Å². The fourth-order valence-corrected chi connectivity index (χ4v) is 4.29. The molecule has 2 aliphatic heterocycles. The lowest BCUT2D eigenvalue weighted by molar-refractivity contribution is -0.277. The molecule has 32 heavy (non-hydrogen) atoms. The molecule has 1 fully saturated rings. The third kappa shape index (κ3) is 3.82. The van der Waals surface area contributed by atoms with Gasteiger partial charge in [-0.25, -0.2) is 4.98 Å². The highest BCUT2D eigenvalue weighted by Crippen LogP contribution is 2.30. The Kier molecular flexibility index (Phi) is 5.75. The van der Waals surface area contributed by atoms with Gasteiger partial charge in [-0.2, -0.15) is 0 Å². The van der Waals surface area contributed by atoms with Crippen molar-refractivity contribution in [3.05, 3.63) is 53.9 Å². The summed E-state index contributed by atoms with van der Waals surface area (Å²) in [4.78, 5) is 4.45. The number of imidazole rings is 1. The molecule has 5 atom stereocenters. The van der Waals surface area contributed by atoms with Gasteiger partial charge < -0.3 is 39.2 Å². The predicted octanol–water partition coefficient (Wildman–Crippen LogP) is 0.393. The molecule has 1 aromatic heterocycles. The molecule has 9 nitrogen and oxygen atoms in total. The van der Waals surface area contributed by atoms with E-state index >= 15 is 0 Å². The first kappa shape index (κ1) is 21.2. The van der Waals surface area contributed by atoms with Crippen molar-refractivity contribution in [1.29, 1.82) is 0 Å². The average molecular weight is 442 g/mol. The molecule has 0 radical (unpaired) electrons. The molecule has 1 saturated heterocycles. The number of aliphatic hydroxyl groups is 4. The lowest BCUT2D eigenvalue weighted by Gasteiger charge is -2.39. The van der Waals surface area contributed by atoms with Gasteiger partial charge >= 0.3 is 0 Å². The van der Waals surface area contributed by atoms with E-state index in [1.807, 2.05) is 16.7 Å². The maximum atomic E-state index is 10.3. The van der Waals surface area contributed by atoms with E-state index in [0.717, 1.165) is 36.2 Å². The van der Waals surface area contributed by atoms with Gasteiger partial charge in [-0.05, 0) is 35.7 Å². The summed E-state index contributed by atoms with van der Waals surface area (Å²) in [6.07, 6.45) is -3.26. The van der Waals surface area contributed by atoms with E-state index in [1.54, 1.807) is 18.5 Å². The molecule has 2 aromatic carbocycles. The van der Waals surface area contributed by atoms with Crippen LogP contribution in [0.5, 0.6) is 11.5 Å². The van der Waals surface area contributed by atoms with Crippen molar-refractivity contribution in [3.8, 4) is 11.5 Å². The van der Waals surface area contributed by atoms with Crippen LogP contribution in [0.2, 0.25) is 0 Å².